The second-order valence-electron chi connectivity index (χ2n) is 7.65. The third-order valence-corrected chi connectivity index (χ3v) is 5.95. The molecule has 2 N–H and O–H groups in total. The van der Waals surface area contributed by atoms with Crippen molar-refractivity contribution in [3.63, 3.8) is 0 Å². The molecular weight excluding hydrogens is 434 g/mol. The van der Waals surface area contributed by atoms with Gasteiger partial charge in [-0.3, -0.25) is 14.5 Å². The maximum atomic E-state index is 13.1. The van der Waals surface area contributed by atoms with Crippen molar-refractivity contribution >= 4 is 29.4 Å². The Morgan fingerprint density at radius 2 is 1.94 bits per heavy atom. The Labute approximate surface area is 190 Å². The fourth-order valence-corrected chi connectivity index (χ4v) is 4.27. The number of nitrogens with one attached hydrogen (secondary N) is 2. The van der Waals surface area contributed by atoms with Crippen molar-refractivity contribution in [2.45, 2.75) is 25.3 Å². The maximum absolute atomic E-state index is 13.1. The van der Waals surface area contributed by atoms with Gasteiger partial charge in [-0.25, -0.2) is 4.79 Å². The van der Waals surface area contributed by atoms with Crippen LogP contribution in [0.2, 0.25) is 5.02 Å². The Hall–Kier alpha value is -3.26. The topological polar surface area (TPSA) is 97.0 Å². The molecular formula is C23H24ClN3O5. The number of halogens is 1. The van der Waals surface area contributed by atoms with E-state index < -0.39 is 23.4 Å². The van der Waals surface area contributed by atoms with E-state index in [1.807, 2.05) is 31.2 Å². The molecule has 4 rings (SSSR count). The summed E-state index contributed by atoms with van der Waals surface area (Å²) in [7, 11) is 0. The van der Waals surface area contributed by atoms with Crippen LogP contribution in [0.1, 0.15) is 24.5 Å². The van der Waals surface area contributed by atoms with Crippen molar-refractivity contribution in [3.05, 3.63) is 58.6 Å². The van der Waals surface area contributed by atoms with Crippen molar-refractivity contribution in [3.8, 4) is 11.5 Å². The molecule has 1 saturated heterocycles. The van der Waals surface area contributed by atoms with Gasteiger partial charge < -0.3 is 20.1 Å². The number of amides is 4. The first-order valence-electron chi connectivity index (χ1n) is 10.5. The lowest BCUT2D eigenvalue weighted by molar-refractivity contribution is -0.135. The lowest BCUT2D eigenvalue weighted by atomic mass is 9.87. The van der Waals surface area contributed by atoms with Crippen LogP contribution < -0.4 is 20.1 Å². The average molecular weight is 458 g/mol. The summed E-state index contributed by atoms with van der Waals surface area (Å²) in [6, 6.07) is 12.1. The first-order valence-corrected chi connectivity index (χ1v) is 10.9. The first-order chi connectivity index (χ1) is 15.4. The minimum Gasteiger partial charge on any atom is -0.486 e. The van der Waals surface area contributed by atoms with Crippen LogP contribution in [0.15, 0.2) is 42.5 Å². The highest BCUT2D eigenvalue weighted by atomic mass is 35.5. The monoisotopic (exact) mass is 457 g/mol. The predicted octanol–water partition coefficient (Wildman–Crippen LogP) is 2.63. The van der Waals surface area contributed by atoms with Crippen LogP contribution >= 0.6 is 11.6 Å². The summed E-state index contributed by atoms with van der Waals surface area (Å²) in [4.78, 5) is 39.0. The number of benzene rings is 2. The number of fused-ring (bicyclic) bond motifs is 1. The zero-order valence-electron chi connectivity index (χ0n) is 17.7. The van der Waals surface area contributed by atoms with Gasteiger partial charge in [-0.15, -0.1) is 0 Å². The molecule has 1 unspecified atom stereocenters. The number of hydrogen-bond acceptors (Lipinski definition) is 5. The van der Waals surface area contributed by atoms with Gasteiger partial charge >= 0.3 is 6.03 Å². The SMILES string of the molecule is CCC1(c2ccccc2)NC(=O)N(CC(=O)NCCc2cc(Cl)c3c(c2)OCCO3)C1=O. The fraction of sp³-hybridized carbons (Fsp3) is 0.348. The van der Waals surface area contributed by atoms with Crippen molar-refractivity contribution in [2.24, 2.45) is 0 Å². The molecule has 0 aromatic heterocycles. The van der Waals surface area contributed by atoms with E-state index in [0.717, 1.165) is 10.5 Å². The Bertz CT molecular complexity index is 1050. The van der Waals surface area contributed by atoms with Crippen molar-refractivity contribution in [2.75, 3.05) is 26.3 Å². The average Bonchev–Trinajstić information content (AvgIpc) is 3.05. The summed E-state index contributed by atoms with van der Waals surface area (Å²) in [5.41, 5.74) is 0.420. The van der Waals surface area contributed by atoms with Crippen LogP contribution in [-0.2, 0) is 21.5 Å². The number of hydrogen-bond donors (Lipinski definition) is 2. The molecule has 1 atom stereocenters. The third kappa shape index (κ3) is 4.10. The van der Waals surface area contributed by atoms with Crippen LogP contribution in [0.25, 0.3) is 0 Å². The summed E-state index contributed by atoms with van der Waals surface area (Å²) < 4.78 is 11.1. The molecule has 0 bridgehead atoms. The molecule has 2 aromatic carbocycles. The predicted molar refractivity (Wildman–Crippen MR) is 118 cm³/mol. The lowest BCUT2D eigenvalue weighted by Gasteiger charge is -2.25. The molecule has 1 fully saturated rings. The van der Waals surface area contributed by atoms with E-state index in [9.17, 15) is 14.4 Å². The van der Waals surface area contributed by atoms with Gasteiger partial charge in [0.1, 0.15) is 25.3 Å². The quantitative estimate of drug-likeness (QED) is 0.623. The normalized spacial score (nSPS) is 19.6. The summed E-state index contributed by atoms with van der Waals surface area (Å²) in [6.45, 7) is 2.70. The fourth-order valence-electron chi connectivity index (χ4n) is 3.99. The molecule has 2 aromatic rings. The molecule has 8 nitrogen and oxygen atoms in total. The summed E-state index contributed by atoms with van der Waals surface area (Å²) in [5.74, 6) is 0.269. The molecule has 0 aliphatic carbocycles. The number of carbonyl (C=O) groups is 3. The van der Waals surface area contributed by atoms with E-state index in [1.54, 1.807) is 18.2 Å². The minimum absolute atomic E-state index is 0.316. The van der Waals surface area contributed by atoms with E-state index >= 15 is 0 Å². The smallest absolute Gasteiger partial charge is 0.325 e. The van der Waals surface area contributed by atoms with Crippen LogP contribution in [0.4, 0.5) is 4.79 Å². The standard InChI is InChI=1S/C23H24ClN3O5/c1-2-23(16-6-4-3-5-7-16)21(29)27(22(30)26-23)14-19(28)25-9-8-15-12-17(24)20-18(13-15)31-10-11-32-20/h3-7,12-13H,2,8-11,14H2,1H3,(H,25,28)(H,26,30). The molecule has 0 radical (unpaired) electrons. The molecule has 2 heterocycles. The number of nitrogens with zero attached hydrogens (tertiary/aromatic N) is 1. The molecule has 0 saturated carbocycles. The van der Waals surface area contributed by atoms with Crippen LogP contribution in [0.5, 0.6) is 11.5 Å². The molecule has 4 amide bonds. The summed E-state index contributed by atoms with van der Waals surface area (Å²) >= 11 is 6.24. The molecule has 32 heavy (non-hydrogen) atoms. The molecule has 2 aliphatic heterocycles. The number of urea groups is 1. The second kappa shape index (κ2) is 9.08. The van der Waals surface area contributed by atoms with Gasteiger partial charge in [0, 0.05) is 6.54 Å². The van der Waals surface area contributed by atoms with Crippen LogP contribution in [0, 0.1) is 0 Å². The van der Waals surface area contributed by atoms with Gasteiger partial charge in [0.2, 0.25) is 5.91 Å². The first kappa shape index (κ1) is 22.0. The van der Waals surface area contributed by atoms with Gasteiger partial charge in [0.15, 0.2) is 11.5 Å². The highest BCUT2D eigenvalue weighted by Crippen LogP contribution is 2.38. The highest BCUT2D eigenvalue weighted by Gasteiger charge is 2.51. The number of rotatable bonds is 7. The molecule has 2 aliphatic rings. The minimum atomic E-state index is -1.15. The largest absolute Gasteiger partial charge is 0.486 e. The van der Waals surface area contributed by atoms with Crippen molar-refractivity contribution in [1.29, 1.82) is 0 Å². The van der Waals surface area contributed by atoms with Crippen molar-refractivity contribution in [1.82, 2.24) is 15.5 Å². The lowest BCUT2D eigenvalue weighted by Crippen LogP contribution is -2.45. The molecule has 168 valence electrons. The van der Waals surface area contributed by atoms with Gasteiger partial charge in [0.25, 0.3) is 5.91 Å². The number of ether oxygens (including phenoxy) is 2. The van der Waals surface area contributed by atoms with Gasteiger partial charge in [-0.1, -0.05) is 48.9 Å². The van der Waals surface area contributed by atoms with E-state index in [-0.39, 0.29) is 6.54 Å². The van der Waals surface area contributed by atoms with Crippen molar-refractivity contribution < 1.29 is 23.9 Å². The highest BCUT2D eigenvalue weighted by molar-refractivity contribution is 6.32. The summed E-state index contributed by atoms with van der Waals surface area (Å²) in [6.07, 6.45) is 0.885. The molecule has 9 heteroatoms. The van der Waals surface area contributed by atoms with Gasteiger partial charge in [-0.05, 0) is 36.1 Å². The third-order valence-electron chi connectivity index (χ3n) is 5.67. The van der Waals surface area contributed by atoms with E-state index in [2.05, 4.69) is 10.6 Å². The Morgan fingerprint density at radius 1 is 1.19 bits per heavy atom. The van der Waals surface area contributed by atoms with E-state index in [0.29, 0.717) is 54.7 Å². The van der Waals surface area contributed by atoms with Crippen LogP contribution in [-0.4, -0.2) is 49.0 Å². The zero-order chi connectivity index (χ0) is 22.7. The van der Waals surface area contributed by atoms with E-state index in [4.69, 9.17) is 21.1 Å². The van der Waals surface area contributed by atoms with Crippen LogP contribution in [0.3, 0.4) is 0 Å². The van der Waals surface area contributed by atoms with E-state index in [1.165, 1.54) is 0 Å². The number of carbonyl (C=O) groups excluding carboxylic acids is 3. The Morgan fingerprint density at radius 3 is 2.69 bits per heavy atom. The summed E-state index contributed by atoms with van der Waals surface area (Å²) in [5, 5.41) is 5.99. The second-order valence-corrected chi connectivity index (χ2v) is 8.06. The Balaban J connectivity index is 1.36. The number of imide groups is 1. The molecule has 0 spiro atoms. The maximum Gasteiger partial charge on any atom is 0.325 e. The van der Waals surface area contributed by atoms with Gasteiger partial charge in [0.05, 0.1) is 5.02 Å². The Kier molecular flexibility index (Phi) is 6.23. The van der Waals surface area contributed by atoms with Gasteiger partial charge in [-0.2, -0.15) is 0 Å². The zero-order valence-corrected chi connectivity index (χ0v) is 18.4.